The first-order valence-electron chi connectivity index (χ1n) is 10.7. The van der Waals surface area contributed by atoms with Crippen LogP contribution in [0.5, 0.6) is 5.75 Å². The topological polar surface area (TPSA) is 91.6 Å². The van der Waals surface area contributed by atoms with Crippen LogP contribution in [0.15, 0.2) is 23.1 Å². The van der Waals surface area contributed by atoms with Crippen LogP contribution in [-0.2, 0) is 6.42 Å². The van der Waals surface area contributed by atoms with Gasteiger partial charge < -0.3 is 10.0 Å². The largest absolute Gasteiger partial charge is 0.502 e. The fraction of sp³-hybridized carbons (Fsp3) is 0.364. The average Bonchev–Trinajstić information content (AvgIpc) is 3.40. The van der Waals surface area contributed by atoms with Gasteiger partial charge in [0.1, 0.15) is 28.6 Å². The first kappa shape index (κ1) is 22.4. The maximum Gasteiger partial charge on any atom is 0.278 e. The van der Waals surface area contributed by atoms with Crippen molar-refractivity contribution in [3.63, 3.8) is 0 Å². The van der Waals surface area contributed by atoms with Gasteiger partial charge in [0, 0.05) is 43.4 Å². The number of halogens is 3. The molecule has 4 heterocycles. The first-order chi connectivity index (χ1) is 16.2. The molecular formula is C22H20F3N5O3S. The molecule has 34 heavy (non-hydrogen) atoms. The van der Waals surface area contributed by atoms with Gasteiger partial charge in [0.25, 0.3) is 5.91 Å². The Labute approximate surface area is 195 Å². The molecule has 0 spiro atoms. The fourth-order valence-electron chi connectivity index (χ4n) is 4.67. The van der Waals surface area contributed by atoms with Gasteiger partial charge in [0.15, 0.2) is 16.5 Å². The van der Waals surface area contributed by atoms with Crippen LogP contribution in [0.4, 0.5) is 13.2 Å². The summed E-state index contributed by atoms with van der Waals surface area (Å²) in [6, 6.07) is 1.16. The number of pyridine rings is 1. The van der Waals surface area contributed by atoms with E-state index in [1.54, 1.807) is 4.90 Å². The summed E-state index contributed by atoms with van der Waals surface area (Å²) in [6.45, 7) is 4.93. The van der Waals surface area contributed by atoms with Crippen molar-refractivity contribution in [2.24, 2.45) is 5.92 Å². The number of aromatic nitrogens is 3. The normalized spacial score (nSPS) is 19.5. The van der Waals surface area contributed by atoms with Crippen molar-refractivity contribution in [1.29, 1.82) is 0 Å². The summed E-state index contributed by atoms with van der Waals surface area (Å²) < 4.78 is 42.8. The highest BCUT2D eigenvalue weighted by Crippen LogP contribution is 2.35. The van der Waals surface area contributed by atoms with E-state index in [1.165, 1.54) is 10.9 Å². The first-order valence-corrected chi connectivity index (χ1v) is 11.6. The molecule has 0 saturated carbocycles. The van der Waals surface area contributed by atoms with Gasteiger partial charge in [-0.05, 0) is 19.3 Å². The molecule has 0 unspecified atom stereocenters. The van der Waals surface area contributed by atoms with Gasteiger partial charge in [-0.2, -0.15) is 0 Å². The number of fused-ring (bicyclic) bond motifs is 3. The van der Waals surface area contributed by atoms with Gasteiger partial charge in [-0.25, -0.2) is 13.2 Å². The maximum absolute atomic E-state index is 14.0. The van der Waals surface area contributed by atoms with Gasteiger partial charge in [0.05, 0.1) is 5.56 Å². The molecule has 8 nitrogen and oxygen atoms in total. The minimum atomic E-state index is -1.05. The van der Waals surface area contributed by atoms with E-state index in [4.69, 9.17) is 0 Å². The lowest BCUT2D eigenvalue weighted by Gasteiger charge is -2.44. The highest BCUT2D eigenvalue weighted by Gasteiger charge is 2.45. The number of carbonyl (C=O) groups excluding carboxylic acids is 1. The summed E-state index contributed by atoms with van der Waals surface area (Å²) in [5.74, 6) is -4.05. The van der Waals surface area contributed by atoms with E-state index in [0.717, 1.165) is 17.8 Å². The van der Waals surface area contributed by atoms with Crippen LogP contribution in [0.25, 0.3) is 10.6 Å². The number of benzene rings is 1. The second-order valence-corrected chi connectivity index (χ2v) is 9.44. The van der Waals surface area contributed by atoms with E-state index in [1.807, 2.05) is 18.9 Å². The molecular weight excluding hydrogens is 471 g/mol. The molecule has 3 aromatic rings. The standard InChI is InChI=1S/C22H20F3N5O3S/c1-3-28-21-10(2)4-5-29(21)30-9-13(18(31)19(32)17(30)22(28)33)20-27-26-16(34-20)8-12-14(24)6-11(23)7-15(12)25/h6-7,9-10,21,32H,3-5,8H2,1-2H3/t10-,21-/m0/s1. The Morgan fingerprint density at radius 3 is 2.56 bits per heavy atom. The van der Waals surface area contributed by atoms with Crippen molar-refractivity contribution in [3.05, 3.63) is 62.3 Å². The predicted molar refractivity (Wildman–Crippen MR) is 118 cm³/mol. The number of carbonyl (C=O) groups is 1. The number of nitrogens with zero attached hydrogens (tertiary/aromatic N) is 5. The molecule has 1 amide bonds. The summed E-state index contributed by atoms with van der Waals surface area (Å²) in [7, 11) is 0. The Morgan fingerprint density at radius 1 is 1.18 bits per heavy atom. The third kappa shape index (κ3) is 3.35. The van der Waals surface area contributed by atoms with E-state index in [2.05, 4.69) is 10.2 Å². The number of rotatable bonds is 4. The zero-order chi connectivity index (χ0) is 24.3. The van der Waals surface area contributed by atoms with E-state index in [9.17, 15) is 27.9 Å². The van der Waals surface area contributed by atoms with Crippen molar-refractivity contribution in [1.82, 2.24) is 19.8 Å². The van der Waals surface area contributed by atoms with Crippen LogP contribution >= 0.6 is 11.3 Å². The molecule has 5 rings (SSSR count). The molecule has 2 atom stereocenters. The third-order valence-corrected chi connectivity index (χ3v) is 7.28. The maximum atomic E-state index is 14.0. The zero-order valence-corrected chi connectivity index (χ0v) is 19.1. The van der Waals surface area contributed by atoms with E-state index in [-0.39, 0.29) is 45.3 Å². The van der Waals surface area contributed by atoms with Crippen LogP contribution in [0.3, 0.4) is 0 Å². The monoisotopic (exact) mass is 491 g/mol. The Balaban J connectivity index is 1.56. The third-order valence-electron chi connectivity index (χ3n) is 6.32. The highest BCUT2D eigenvalue weighted by molar-refractivity contribution is 7.14. The SMILES string of the molecule is CCN1C(=O)c2c(O)c(=O)c(-c3nnc(Cc4c(F)cc(F)cc4F)s3)cn2N2CC[C@H](C)[C@@H]12. The summed E-state index contributed by atoms with van der Waals surface area (Å²) in [5.41, 5.74) is -1.25. The van der Waals surface area contributed by atoms with Crippen LogP contribution in [0, 0.1) is 23.4 Å². The lowest BCUT2D eigenvalue weighted by molar-refractivity contribution is 0.0560. The van der Waals surface area contributed by atoms with Gasteiger partial charge in [-0.15, -0.1) is 10.2 Å². The molecule has 1 aromatic carbocycles. The quantitative estimate of drug-likeness (QED) is 0.604. The molecule has 2 aliphatic heterocycles. The van der Waals surface area contributed by atoms with Crippen molar-refractivity contribution in [2.45, 2.75) is 32.9 Å². The van der Waals surface area contributed by atoms with Gasteiger partial charge >= 0.3 is 0 Å². The van der Waals surface area contributed by atoms with Crippen LogP contribution < -0.4 is 10.4 Å². The summed E-state index contributed by atoms with van der Waals surface area (Å²) in [6.07, 6.45) is 1.78. The molecule has 0 bridgehead atoms. The summed E-state index contributed by atoms with van der Waals surface area (Å²) in [4.78, 5) is 27.7. The average molecular weight is 491 g/mol. The van der Waals surface area contributed by atoms with Crippen molar-refractivity contribution in [3.8, 4) is 16.3 Å². The molecule has 2 aromatic heterocycles. The minimum Gasteiger partial charge on any atom is -0.502 e. The molecule has 1 fully saturated rings. The number of hydrogen-bond donors (Lipinski definition) is 1. The van der Waals surface area contributed by atoms with Gasteiger partial charge in [-0.1, -0.05) is 18.3 Å². The number of hydrogen-bond acceptors (Lipinski definition) is 7. The molecule has 0 radical (unpaired) electrons. The highest BCUT2D eigenvalue weighted by atomic mass is 32.1. The van der Waals surface area contributed by atoms with Gasteiger partial charge in [0.2, 0.25) is 5.43 Å². The zero-order valence-electron chi connectivity index (χ0n) is 18.3. The Morgan fingerprint density at radius 2 is 1.88 bits per heavy atom. The second-order valence-electron chi connectivity index (χ2n) is 8.37. The van der Waals surface area contributed by atoms with E-state index >= 15 is 0 Å². The molecule has 1 N–H and O–H groups in total. The Bertz CT molecular complexity index is 1350. The lowest BCUT2D eigenvalue weighted by atomic mass is 10.1. The number of amides is 1. The summed E-state index contributed by atoms with van der Waals surface area (Å²) >= 11 is 0.920. The van der Waals surface area contributed by atoms with Crippen molar-refractivity contribution >= 4 is 17.2 Å². The Kier molecular flexibility index (Phi) is 5.34. The van der Waals surface area contributed by atoms with Crippen molar-refractivity contribution in [2.75, 3.05) is 18.1 Å². The molecule has 2 aliphatic rings. The molecule has 178 valence electrons. The molecule has 0 aliphatic carbocycles. The van der Waals surface area contributed by atoms with Crippen LogP contribution in [-0.4, -0.2) is 50.0 Å². The number of aromatic hydroxyl groups is 1. The smallest absolute Gasteiger partial charge is 0.278 e. The second kappa shape index (κ2) is 8.12. The summed E-state index contributed by atoms with van der Waals surface area (Å²) in [5, 5.41) is 20.9. The predicted octanol–water partition coefficient (Wildman–Crippen LogP) is 2.86. The Hall–Kier alpha value is -3.41. The fourth-order valence-corrected chi connectivity index (χ4v) is 5.53. The van der Waals surface area contributed by atoms with Crippen molar-refractivity contribution < 1.29 is 23.1 Å². The van der Waals surface area contributed by atoms with E-state index in [0.29, 0.717) is 25.2 Å². The lowest BCUT2D eigenvalue weighted by Crippen LogP contribution is -2.60. The van der Waals surface area contributed by atoms with E-state index < -0.39 is 34.5 Å². The van der Waals surface area contributed by atoms with Crippen LogP contribution in [0.1, 0.15) is 41.3 Å². The van der Waals surface area contributed by atoms with Crippen LogP contribution in [0.2, 0.25) is 0 Å². The minimum absolute atomic E-state index is 0.0149. The van der Waals surface area contributed by atoms with Gasteiger partial charge in [-0.3, -0.25) is 19.3 Å². The molecule has 12 heteroatoms. The molecule has 1 saturated heterocycles.